The number of alkyl halides is 3. The first-order valence-corrected chi connectivity index (χ1v) is 9.82. The first kappa shape index (κ1) is 23.0. The molecule has 0 aliphatic rings. The fourth-order valence-corrected chi connectivity index (χ4v) is 3.18. The Morgan fingerprint density at radius 3 is 2.25 bits per heavy atom. The van der Waals surface area contributed by atoms with Gasteiger partial charge in [0.1, 0.15) is 5.69 Å². The van der Waals surface area contributed by atoms with E-state index in [0.717, 1.165) is 12.1 Å². The molecule has 0 saturated heterocycles. The van der Waals surface area contributed by atoms with E-state index in [9.17, 15) is 22.8 Å². The number of carbonyl (C=O) groups is 2. The van der Waals surface area contributed by atoms with Crippen molar-refractivity contribution >= 4 is 11.9 Å². The zero-order chi connectivity index (χ0) is 23.5. The maximum atomic E-state index is 13.0. The van der Waals surface area contributed by atoms with Crippen molar-refractivity contribution in [3.63, 3.8) is 0 Å². The molecule has 32 heavy (non-hydrogen) atoms. The van der Waals surface area contributed by atoms with Gasteiger partial charge in [-0.05, 0) is 48.7 Å². The van der Waals surface area contributed by atoms with Crippen LogP contribution >= 0.6 is 0 Å². The van der Waals surface area contributed by atoms with E-state index in [1.807, 2.05) is 6.92 Å². The number of nitrogens with one attached hydrogen (secondary N) is 1. The number of aryl methyl sites for hydroxylation is 1. The van der Waals surface area contributed by atoms with E-state index in [-0.39, 0.29) is 17.8 Å². The summed E-state index contributed by atoms with van der Waals surface area (Å²) in [6, 6.07) is 10.4. The third-order valence-corrected chi connectivity index (χ3v) is 4.97. The summed E-state index contributed by atoms with van der Waals surface area (Å²) in [5.74, 6) is -1.48. The molecule has 1 aromatic heterocycles. The second-order valence-electron chi connectivity index (χ2n) is 7.21. The van der Waals surface area contributed by atoms with Gasteiger partial charge in [-0.3, -0.25) is 4.79 Å². The highest BCUT2D eigenvalue weighted by atomic mass is 19.4. The molecule has 10 heteroatoms. The van der Waals surface area contributed by atoms with Gasteiger partial charge in [-0.1, -0.05) is 36.4 Å². The number of carboxylic acid groups (broad SMARTS) is 1. The normalized spacial score (nSPS) is 12.4. The van der Waals surface area contributed by atoms with Gasteiger partial charge in [-0.15, -0.1) is 5.10 Å². The number of hydrogen-bond donors (Lipinski definition) is 2. The molecule has 2 N–H and O–H groups in total. The summed E-state index contributed by atoms with van der Waals surface area (Å²) in [6.07, 6.45) is -3.98. The Hall–Kier alpha value is -3.69. The Labute approximate surface area is 181 Å². The van der Waals surface area contributed by atoms with Crippen molar-refractivity contribution in [2.45, 2.75) is 39.0 Å². The largest absolute Gasteiger partial charge is 0.478 e. The van der Waals surface area contributed by atoms with Crippen LogP contribution in [-0.4, -0.2) is 32.0 Å². The number of halogens is 3. The van der Waals surface area contributed by atoms with E-state index in [4.69, 9.17) is 5.11 Å². The number of carbonyl (C=O) groups excluding carboxylic acids is 1. The lowest BCUT2D eigenvalue weighted by Crippen LogP contribution is -2.30. The molecule has 0 spiro atoms. The van der Waals surface area contributed by atoms with Crippen molar-refractivity contribution in [3.05, 3.63) is 82.2 Å². The van der Waals surface area contributed by atoms with Crippen molar-refractivity contribution in [1.29, 1.82) is 0 Å². The summed E-state index contributed by atoms with van der Waals surface area (Å²) in [5.41, 5.74) is 1.32. The van der Waals surface area contributed by atoms with Crippen molar-refractivity contribution in [2.24, 2.45) is 0 Å². The van der Waals surface area contributed by atoms with Gasteiger partial charge in [-0.2, -0.15) is 13.2 Å². The van der Waals surface area contributed by atoms with E-state index < -0.39 is 29.7 Å². The summed E-state index contributed by atoms with van der Waals surface area (Å²) < 4.78 is 39.7. The monoisotopic (exact) mass is 446 g/mol. The van der Waals surface area contributed by atoms with Crippen molar-refractivity contribution < 1.29 is 27.9 Å². The molecule has 3 rings (SSSR count). The highest BCUT2D eigenvalue weighted by Gasteiger charge is 2.30. The van der Waals surface area contributed by atoms with Gasteiger partial charge in [0.05, 0.1) is 29.4 Å². The lowest BCUT2D eigenvalue weighted by Gasteiger charge is -2.16. The van der Waals surface area contributed by atoms with E-state index >= 15 is 0 Å². The second kappa shape index (κ2) is 9.21. The highest BCUT2D eigenvalue weighted by Crippen LogP contribution is 2.29. The van der Waals surface area contributed by atoms with Gasteiger partial charge in [0.2, 0.25) is 0 Å². The zero-order valence-electron chi connectivity index (χ0n) is 17.3. The molecule has 0 bridgehead atoms. The third kappa shape index (κ3) is 5.13. The Morgan fingerprint density at radius 2 is 1.72 bits per heavy atom. The number of carboxylic acids is 1. The SMILES string of the molecule is CCc1nnn(Cc2ccc(C(F)(F)F)cc2)c1C(=O)NC(C)c1ccc(C(=O)O)cc1. The predicted octanol–water partition coefficient (Wildman–Crippen LogP) is 4.10. The summed E-state index contributed by atoms with van der Waals surface area (Å²) >= 11 is 0. The molecule has 168 valence electrons. The number of nitrogens with zero attached hydrogens (tertiary/aromatic N) is 3. The molecule has 3 aromatic rings. The average Bonchev–Trinajstić information content (AvgIpc) is 3.16. The average molecular weight is 446 g/mol. The Kier molecular flexibility index (Phi) is 6.61. The van der Waals surface area contributed by atoms with Gasteiger partial charge in [-0.25, -0.2) is 9.48 Å². The van der Waals surface area contributed by atoms with Crippen LogP contribution < -0.4 is 5.32 Å². The van der Waals surface area contributed by atoms with Gasteiger partial charge in [0, 0.05) is 0 Å². The molecule has 0 saturated carbocycles. The molecule has 1 amide bonds. The summed E-state index contributed by atoms with van der Waals surface area (Å²) in [4.78, 5) is 24.0. The van der Waals surface area contributed by atoms with E-state index in [0.29, 0.717) is 23.2 Å². The van der Waals surface area contributed by atoms with E-state index in [1.54, 1.807) is 19.1 Å². The Balaban J connectivity index is 1.79. The molecule has 0 aliphatic heterocycles. The molecule has 1 unspecified atom stereocenters. The van der Waals surface area contributed by atoms with Crippen LogP contribution in [0, 0.1) is 0 Å². The zero-order valence-corrected chi connectivity index (χ0v) is 17.3. The fraction of sp³-hybridized carbons (Fsp3) is 0.273. The molecule has 7 nitrogen and oxygen atoms in total. The van der Waals surface area contributed by atoms with Crippen LogP contribution in [0.15, 0.2) is 48.5 Å². The number of aromatic nitrogens is 3. The minimum Gasteiger partial charge on any atom is -0.478 e. The topological polar surface area (TPSA) is 97.1 Å². The van der Waals surface area contributed by atoms with Crippen LogP contribution in [0.5, 0.6) is 0 Å². The first-order valence-electron chi connectivity index (χ1n) is 9.82. The molecule has 0 aliphatic carbocycles. The standard InChI is InChI=1S/C22H21F3N4O3/c1-3-18-19(20(30)26-13(2)15-6-8-16(9-7-15)21(31)32)29(28-27-18)12-14-4-10-17(11-5-14)22(23,24)25/h4-11,13H,3,12H2,1-2H3,(H,26,30)(H,31,32). The van der Waals surface area contributed by atoms with Crippen LogP contribution in [-0.2, 0) is 19.1 Å². The molecule has 1 heterocycles. The van der Waals surface area contributed by atoms with Crippen LogP contribution in [0.25, 0.3) is 0 Å². The number of hydrogen-bond acceptors (Lipinski definition) is 4. The number of rotatable bonds is 7. The van der Waals surface area contributed by atoms with Crippen molar-refractivity contribution in [3.8, 4) is 0 Å². The lowest BCUT2D eigenvalue weighted by molar-refractivity contribution is -0.137. The Bertz CT molecular complexity index is 1110. The highest BCUT2D eigenvalue weighted by molar-refractivity contribution is 5.94. The number of amides is 1. The minimum atomic E-state index is -4.43. The Morgan fingerprint density at radius 1 is 1.09 bits per heavy atom. The summed E-state index contributed by atoms with van der Waals surface area (Å²) in [6.45, 7) is 3.65. The number of benzene rings is 2. The minimum absolute atomic E-state index is 0.0789. The van der Waals surface area contributed by atoms with Crippen LogP contribution in [0.3, 0.4) is 0 Å². The van der Waals surface area contributed by atoms with Crippen molar-refractivity contribution in [1.82, 2.24) is 20.3 Å². The fourth-order valence-electron chi connectivity index (χ4n) is 3.18. The van der Waals surface area contributed by atoms with Gasteiger partial charge in [0.15, 0.2) is 0 Å². The van der Waals surface area contributed by atoms with Gasteiger partial charge in [0.25, 0.3) is 5.91 Å². The molecule has 2 aromatic carbocycles. The van der Waals surface area contributed by atoms with Crippen LogP contribution in [0.1, 0.15) is 63.1 Å². The maximum Gasteiger partial charge on any atom is 0.416 e. The third-order valence-electron chi connectivity index (χ3n) is 4.97. The molecule has 0 radical (unpaired) electrons. The number of aromatic carboxylic acids is 1. The summed E-state index contributed by atoms with van der Waals surface area (Å²) in [7, 11) is 0. The van der Waals surface area contributed by atoms with Crippen LogP contribution in [0.2, 0.25) is 0 Å². The molecule has 0 fully saturated rings. The molecule has 1 atom stereocenters. The molecular formula is C22H21F3N4O3. The van der Waals surface area contributed by atoms with E-state index in [1.165, 1.54) is 28.9 Å². The van der Waals surface area contributed by atoms with Crippen LogP contribution in [0.4, 0.5) is 13.2 Å². The van der Waals surface area contributed by atoms with Gasteiger partial charge >= 0.3 is 12.1 Å². The van der Waals surface area contributed by atoms with Gasteiger partial charge < -0.3 is 10.4 Å². The second-order valence-corrected chi connectivity index (χ2v) is 7.21. The smallest absolute Gasteiger partial charge is 0.416 e. The maximum absolute atomic E-state index is 13.0. The quantitative estimate of drug-likeness (QED) is 0.570. The predicted molar refractivity (Wildman–Crippen MR) is 109 cm³/mol. The summed E-state index contributed by atoms with van der Waals surface area (Å²) in [5, 5.41) is 19.9. The van der Waals surface area contributed by atoms with E-state index in [2.05, 4.69) is 15.6 Å². The first-order chi connectivity index (χ1) is 15.1. The molecular weight excluding hydrogens is 425 g/mol. The van der Waals surface area contributed by atoms with Crippen molar-refractivity contribution in [2.75, 3.05) is 0 Å². The lowest BCUT2D eigenvalue weighted by atomic mass is 10.1.